The van der Waals surface area contributed by atoms with Crippen molar-refractivity contribution in [1.82, 2.24) is 5.43 Å². The van der Waals surface area contributed by atoms with Gasteiger partial charge in [-0.15, -0.1) is 0 Å². The molecular formula is C10H22N2O2S. The lowest BCUT2D eigenvalue weighted by molar-refractivity contribution is -0.121. The Morgan fingerprint density at radius 2 is 2.20 bits per heavy atom. The molecule has 4 N–H and O–H groups in total. The number of nitrogens with one attached hydrogen (secondary N) is 1. The number of carbonyl (C=O) groups excluding carboxylic acids is 1. The van der Waals surface area contributed by atoms with Crippen LogP contribution >= 0.6 is 11.8 Å². The van der Waals surface area contributed by atoms with Crippen molar-refractivity contribution in [3.8, 4) is 0 Å². The highest BCUT2D eigenvalue weighted by atomic mass is 32.2. The fourth-order valence-corrected chi connectivity index (χ4v) is 2.16. The van der Waals surface area contributed by atoms with Gasteiger partial charge in [-0.2, -0.15) is 11.8 Å². The molecule has 1 amide bonds. The van der Waals surface area contributed by atoms with Crippen LogP contribution in [0.5, 0.6) is 0 Å². The fourth-order valence-electron chi connectivity index (χ4n) is 1.08. The third-order valence-electron chi connectivity index (χ3n) is 2.07. The summed E-state index contributed by atoms with van der Waals surface area (Å²) in [5.41, 5.74) is 2.12. The van der Waals surface area contributed by atoms with Gasteiger partial charge in [-0.3, -0.25) is 10.2 Å². The minimum atomic E-state index is -0.0865. The monoisotopic (exact) mass is 234 g/mol. The smallest absolute Gasteiger partial charge is 0.233 e. The van der Waals surface area contributed by atoms with Gasteiger partial charge in [-0.25, -0.2) is 5.84 Å². The molecule has 0 aliphatic heterocycles. The average molecular weight is 234 g/mol. The molecule has 1 unspecified atom stereocenters. The number of thioether (sulfide) groups is 1. The van der Waals surface area contributed by atoms with Crippen LogP contribution in [0.1, 0.15) is 32.6 Å². The molecule has 0 radical (unpaired) electrons. The van der Waals surface area contributed by atoms with E-state index in [1.807, 2.05) is 18.7 Å². The van der Waals surface area contributed by atoms with E-state index < -0.39 is 0 Å². The molecule has 0 saturated carbocycles. The zero-order valence-electron chi connectivity index (χ0n) is 9.37. The molecule has 0 heterocycles. The number of rotatable bonds is 9. The predicted molar refractivity (Wildman–Crippen MR) is 64.4 cm³/mol. The maximum atomic E-state index is 10.8. The normalized spacial score (nSPS) is 12.5. The van der Waals surface area contributed by atoms with Gasteiger partial charge in [-0.05, 0) is 30.3 Å². The van der Waals surface area contributed by atoms with Crippen molar-refractivity contribution in [3.05, 3.63) is 0 Å². The van der Waals surface area contributed by atoms with Crippen LogP contribution in [0.3, 0.4) is 0 Å². The van der Waals surface area contributed by atoms with Crippen LogP contribution in [0.2, 0.25) is 0 Å². The number of nitrogens with two attached hydrogens (primary N) is 1. The topological polar surface area (TPSA) is 75.3 Å². The van der Waals surface area contributed by atoms with E-state index in [1.54, 1.807) is 0 Å². The van der Waals surface area contributed by atoms with Crippen LogP contribution < -0.4 is 11.3 Å². The Balaban J connectivity index is 3.08. The van der Waals surface area contributed by atoms with Gasteiger partial charge in [0.25, 0.3) is 0 Å². The van der Waals surface area contributed by atoms with Crippen molar-refractivity contribution < 1.29 is 9.90 Å². The highest BCUT2D eigenvalue weighted by molar-refractivity contribution is 7.99. The Morgan fingerprint density at radius 3 is 2.80 bits per heavy atom. The highest BCUT2D eigenvalue weighted by Crippen LogP contribution is 2.11. The Hall–Kier alpha value is -0.260. The lowest BCUT2D eigenvalue weighted by Gasteiger charge is -2.06. The SMILES string of the molecule is CC(CO)CSCCCCCC(=O)NN. The quantitative estimate of drug-likeness (QED) is 0.240. The summed E-state index contributed by atoms with van der Waals surface area (Å²) in [5, 5.41) is 8.79. The molecule has 0 aliphatic carbocycles. The summed E-state index contributed by atoms with van der Waals surface area (Å²) in [7, 11) is 0. The maximum Gasteiger partial charge on any atom is 0.233 e. The van der Waals surface area contributed by atoms with Crippen LogP contribution in [0.15, 0.2) is 0 Å². The first-order chi connectivity index (χ1) is 7.20. The first-order valence-electron chi connectivity index (χ1n) is 5.38. The molecule has 0 spiro atoms. The molecule has 0 aromatic heterocycles. The zero-order valence-corrected chi connectivity index (χ0v) is 10.2. The van der Waals surface area contributed by atoms with E-state index in [9.17, 15) is 4.79 Å². The van der Waals surface area contributed by atoms with Gasteiger partial charge >= 0.3 is 0 Å². The highest BCUT2D eigenvalue weighted by Gasteiger charge is 2.00. The summed E-state index contributed by atoms with van der Waals surface area (Å²) < 4.78 is 0. The van der Waals surface area contributed by atoms with Gasteiger partial charge in [0, 0.05) is 13.0 Å². The Morgan fingerprint density at radius 1 is 1.47 bits per heavy atom. The third kappa shape index (κ3) is 10.0. The molecule has 1 atom stereocenters. The molecule has 0 aliphatic rings. The van der Waals surface area contributed by atoms with Crippen LogP contribution in [0, 0.1) is 5.92 Å². The molecular weight excluding hydrogens is 212 g/mol. The van der Waals surface area contributed by atoms with Crippen LogP contribution in [-0.2, 0) is 4.79 Å². The van der Waals surface area contributed by atoms with Crippen LogP contribution in [0.4, 0.5) is 0 Å². The summed E-state index contributed by atoms with van der Waals surface area (Å²) in [6.45, 7) is 2.31. The van der Waals surface area contributed by atoms with E-state index in [-0.39, 0.29) is 12.5 Å². The molecule has 90 valence electrons. The van der Waals surface area contributed by atoms with E-state index in [0.29, 0.717) is 12.3 Å². The number of aliphatic hydroxyl groups excluding tert-OH is 1. The lowest BCUT2D eigenvalue weighted by Crippen LogP contribution is -2.29. The summed E-state index contributed by atoms with van der Waals surface area (Å²) in [6.07, 6.45) is 3.61. The number of aliphatic hydroxyl groups is 1. The van der Waals surface area contributed by atoms with Crippen molar-refractivity contribution in [3.63, 3.8) is 0 Å². The molecule has 4 nitrogen and oxygen atoms in total. The molecule has 0 bridgehead atoms. The fraction of sp³-hybridized carbons (Fsp3) is 0.900. The minimum Gasteiger partial charge on any atom is -0.396 e. The Bertz CT molecular complexity index is 168. The number of amides is 1. The van der Waals surface area contributed by atoms with E-state index in [4.69, 9.17) is 10.9 Å². The maximum absolute atomic E-state index is 10.8. The molecule has 0 fully saturated rings. The first-order valence-corrected chi connectivity index (χ1v) is 6.54. The molecule has 0 aromatic rings. The minimum absolute atomic E-state index is 0.0865. The number of hydrogen-bond acceptors (Lipinski definition) is 4. The Labute approximate surface area is 96.0 Å². The number of hydrogen-bond donors (Lipinski definition) is 3. The second kappa shape index (κ2) is 10.3. The van der Waals surface area contributed by atoms with Crippen molar-refractivity contribution in [2.45, 2.75) is 32.6 Å². The van der Waals surface area contributed by atoms with Crippen LogP contribution in [0.25, 0.3) is 0 Å². The lowest BCUT2D eigenvalue weighted by atomic mass is 10.2. The summed E-state index contributed by atoms with van der Waals surface area (Å²) in [5.74, 6) is 7.38. The molecule has 15 heavy (non-hydrogen) atoms. The van der Waals surface area contributed by atoms with E-state index in [2.05, 4.69) is 5.43 Å². The van der Waals surface area contributed by atoms with Gasteiger partial charge in [0.05, 0.1) is 0 Å². The number of carbonyl (C=O) groups is 1. The van der Waals surface area contributed by atoms with Gasteiger partial charge in [0.2, 0.25) is 5.91 Å². The second-order valence-corrected chi connectivity index (χ2v) is 4.89. The van der Waals surface area contributed by atoms with Gasteiger partial charge < -0.3 is 5.11 Å². The molecule has 0 rings (SSSR count). The van der Waals surface area contributed by atoms with E-state index >= 15 is 0 Å². The van der Waals surface area contributed by atoms with Gasteiger partial charge in [0.1, 0.15) is 0 Å². The van der Waals surface area contributed by atoms with Gasteiger partial charge in [-0.1, -0.05) is 13.3 Å². The molecule has 5 heteroatoms. The standard InChI is InChI=1S/C10H22N2O2S/c1-9(7-13)8-15-6-4-2-3-5-10(14)12-11/h9,13H,2-8,11H2,1H3,(H,12,14). The van der Waals surface area contributed by atoms with Crippen molar-refractivity contribution in [1.29, 1.82) is 0 Å². The van der Waals surface area contributed by atoms with Crippen LogP contribution in [-0.4, -0.2) is 29.1 Å². The Kier molecular flexibility index (Phi) is 10.1. The average Bonchev–Trinajstić information content (AvgIpc) is 2.26. The predicted octanol–water partition coefficient (Wildman–Crippen LogP) is 0.898. The van der Waals surface area contributed by atoms with E-state index in [1.165, 1.54) is 0 Å². The number of hydrazine groups is 1. The first kappa shape index (κ1) is 14.7. The summed E-state index contributed by atoms with van der Waals surface area (Å²) in [6, 6.07) is 0. The largest absolute Gasteiger partial charge is 0.396 e. The van der Waals surface area contributed by atoms with E-state index in [0.717, 1.165) is 30.8 Å². The molecule has 0 saturated heterocycles. The third-order valence-corrected chi connectivity index (χ3v) is 3.45. The molecule has 0 aromatic carbocycles. The zero-order chi connectivity index (χ0) is 11.5. The van der Waals surface area contributed by atoms with Crippen molar-refractivity contribution in [2.24, 2.45) is 11.8 Å². The second-order valence-electron chi connectivity index (χ2n) is 3.74. The summed E-state index contributed by atoms with van der Waals surface area (Å²) >= 11 is 1.87. The van der Waals surface area contributed by atoms with Crippen molar-refractivity contribution in [2.75, 3.05) is 18.1 Å². The number of unbranched alkanes of at least 4 members (excludes halogenated alkanes) is 2. The summed E-state index contributed by atoms with van der Waals surface area (Å²) in [4.78, 5) is 10.8. The van der Waals surface area contributed by atoms with Gasteiger partial charge in [0.15, 0.2) is 0 Å². The van der Waals surface area contributed by atoms with Crippen molar-refractivity contribution >= 4 is 17.7 Å².